The molecule has 0 spiro atoms. The number of carbonyl (C=O) groups is 1. The average Bonchev–Trinajstić information content (AvgIpc) is 2.40. The summed E-state index contributed by atoms with van der Waals surface area (Å²) in [6.45, 7) is 2.56. The zero-order chi connectivity index (χ0) is 14.4. The third kappa shape index (κ3) is 4.40. The summed E-state index contributed by atoms with van der Waals surface area (Å²) in [4.78, 5) is 13.8. The van der Waals surface area contributed by atoms with Gasteiger partial charge in [-0.05, 0) is 40.5 Å². The number of oxime groups is 1. The molecule has 19 heavy (non-hydrogen) atoms. The number of nitrogens with zero attached hydrogens (tertiary/aromatic N) is 2. The molecule has 0 bridgehead atoms. The molecule has 0 atom stereocenters. The van der Waals surface area contributed by atoms with Crippen LogP contribution in [-0.4, -0.2) is 34.9 Å². The summed E-state index contributed by atoms with van der Waals surface area (Å²) in [5, 5.41) is 12.0. The molecule has 0 aliphatic rings. The van der Waals surface area contributed by atoms with Gasteiger partial charge in [0.25, 0.3) is 5.91 Å². The standard InChI is InChI=1S/C12H15BrClN3O2/c1-2-5-17(7-11(15)16-19)12(18)8-3-4-10(14)9(13)6-8/h3-4,6,19H,2,5,7H2,1H3,(H2,15,16). The minimum Gasteiger partial charge on any atom is -0.409 e. The highest BCUT2D eigenvalue weighted by molar-refractivity contribution is 9.10. The zero-order valence-corrected chi connectivity index (χ0v) is 12.8. The van der Waals surface area contributed by atoms with Crippen molar-refractivity contribution in [1.82, 2.24) is 4.90 Å². The maximum absolute atomic E-state index is 12.3. The highest BCUT2D eigenvalue weighted by Gasteiger charge is 2.17. The van der Waals surface area contributed by atoms with Crippen molar-refractivity contribution in [3.8, 4) is 0 Å². The molecule has 0 saturated carbocycles. The molecule has 3 N–H and O–H groups in total. The highest BCUT2D eigenvalue weighted by Crippen LogP contribution is 2.23. The average molecular weight is 349 g/mol. The number of benzene rings is 1. The van der Waals surface area contributed by atoms with E-state index in [9.17, 15) is 4.79 Å². The van der Waals surface area contributed by atoms with E-state index in [-0.39, 0.29) is 18.3 Å². The van der Waals surface area contributed by atoms with Gasteiger partial charge in [-0.3, -0.25) is 4.79 Å². The summed E-state index contributed by atoms with van der Waals surface area (Å²) in [7, 11) is 0. The first-order chi connectivity index (χ1) is 8.99. The quantitative estimate of drug-likeness (QED) is 0.372. The minimum absolute atomic E-state index is 0.00479. The summed E-state index contributed by atoms with van der Waals surface area (Å²) in [5.74, 6) is -0.194. The van der Waals surface area contributed by atoms with Crippen LogP contribution in [0.4, 0.5) is 0 Å². The Bertz CT molecular complexity index is 494. The maximum Gasteiger partial charge on any atom is 0.254 e. The molecular weight excluding hydrogens is 334 g/mol. The van der Waals surface area contributed by atoms with Gasteiger partial charge in [-0.15, -0.1) is 0 Å². The molecule has 0 saturated heterocycles. The molecule has 0 aliphatic carbocycles. The van der Waals surface area contributed by atoms with Gasteiger partial charge < -0.3 is 15.8 Å². The number of halogens is 2. The topological polar surface area (TPSA) is 78.9 Å². The van der Waals surface area contributed by atoms with E-state index < -0.39 is 0 Å². The SMILES string of the molecule is CCCN(C/C(N)=N/O)C(=O)c1ccc(Cl)c(Br)c1. The Hall–Kier alpha value is -1.27. The van der Waals surface area contributed by atoms with Gasteiger partial charge in [0.15, 0.2) is 5.84 Å². The van der Waals surface area contributed by atoms with Gasteiger partial charge in [-0.25, -0.2) is 0 Å². The Morgan fingerprint density at radius 3 is 2.79 bits per heavy atom. The van der Waals surface area contributed by atoms with E-state index in [1.165, 1.54) is 4.90 Å². The van der Waals surface area contributed by atoms with E-state index in [2.05, 4.69) is 21.1 Å². The summed E-state index contributed by atoms with van der Waals surface area (Å²) >= 11 is 9.16. The number of rotatable bonds is 5. The van der Waals surface area contributed by atoms with Crippen molar-refractivity contribution in [3.05, 3.63) is 33.3 Å². The summed E-state index contributed by atoms with van der Waals surface area (Å²) in [6, 6.07) is 4.94. The first-order valence-electron chi connectivity index (χ1n) is 5.70. The number of amides is 1. The molecule has 0 heterocycles. The van der Waals surface area contributed by atoms with Gasteiger partial charge in [-0.1, -0.05) is 23.7 Å². The second-order valence-electron chi connectivity index (χ2n) is 3.95. The van der Waals surface area contributed by atoms with Crippen molar-refractivity contribution < 1.29 is 10.0 Å². The lowest BCUT2D eigenvalue weighted by molar-refractivity contribution is 0.0778. The Morgan fingerprint density at radius 2 is 2.26 bits per heavy atom. The smallest absolute Gasteiger partial charge is 0.254 e. The van der Waals surface area contributed by atoms with Crippen molar-refractivity contribution >= 4 is 39.3 Å². The lowest BCUT2D eigenvalue weighted by atomic mass is 10.2. The van der Waals surface area contributed by atoms with E-state index in [1.54, 1.807) is 18.2 Å². The van der Waals surface area contributed by atoms with Gasteiger partial charge >= 0.3 is 0 Å². The monoisotopic (exact) mass is 347 g/mol. The maximum atomic E-state index is 12.3. The van der Waals surface area contributed by atoms with E-state index in [0.29, 0.717) is 21.6 Å². The molecule has 0 aliphatic heterocycles. The molecule has 5 nitrogen and oxygen atoms in total. The normalized spacial score (nSPS) is 11.4. The largest absolute Gasteiger partial charge is 0.409 e. The van der Waals surface area contributed by atoms with Gasteiger partial charge in [0.2, 0.25) is 0 Å². The number of hydrogen-bond acceptors (Lipinski definition) is 3. The van der Waals surface area contributed by atoms with Crippen LogP contribution in [0.5, 0.6) is 0 Å². The Kier molecular flexibility index (Phi) is 6.11. The molecule has 104 valence electrons. The second kappa shape index (κ2) is 7.35. The molecule has 7 heteroatoms. The fraction of sp³-hybridized carbons (Fsp3) is 0.333. The van der Waals surface area contributed by atoms with E-state index in [1.807, 2.05) is 6.92 Å². The number of amidine groups is 1. The van der Waals surface area contributed by atoms with Crippen LogP contribution < -0.4 is 5.73 Å². The Labute approximate surface area is 125 Å². The van der Waals surface area contributed by atoms with Crippen molar-refractivity contribution in [2.45, 2.75) is 13.3 Å². The van der Waals surface area contributed by atoms with Crippen LogP contribution in [-0.2, 0) is 0 Å². The molecule has 0 unspecified atom stereocenters. The van der Waals surface area contributed by atoms with Gasteiger partial charge in [-0.2, -0.15) is 0 Å². The fourth-order valence-corrected chi connectivity index (χ4v) is 2.06. The van der Waals surface area contributed by atoms with E-state index in [4.69, 9.17) is 22.5 Å². The van der Waals surface area contributed by atoms with Crippen molar-refractivity contribution in [1.29, 1.82) is 0 Å². The van der Waals surface area contributed by atoms with Crippen LogP contribution in [0.1, 0.15) is 23.7 Å². The van der Waals surface area contributed by atoms with E-state index in [0.717, 1.165) is 6.42 Å². The molecular formula is C12H15BrClN3O2. The predicted octanol–water partition coefficient (Wildman–Crippen LogP) is 2.70. The molecule has 0 radical (unpaired) electrons. The number of hydrogen-bond donors (Lipinski definition) is 2. The Balaban J connectivity index is 2.95. The number of nitrogens with two attached hydrogens (primary N) is 1. The van der Waals surface area contributed by atoms with Crippen LogP contribution >= 0.6 is 27.5 Å². The molecule has 1 rings (SSSR count). The molecule has 0 aromatic heterocycles. The first kappa shape index (κ1) is 15.8. The lowest BCUT2D eigenvalue weighted by Crippen LogP contribution is -2.39. The third-order valence-electron chi connectivity index (χ3n) is 2.43. The van der Waals surface area contributed by atoms with Crippen LogP contribution in [0, 0.1) is 0 Å². The van der Waals surface area contributed by atoms with Gasteiger partial charge in [0.05, 0.1) is 11.6 Å². The van der Waals surface area contributed by atoms with Crippen molar-refractivity contribution in [2.24, 2.45) is 10.9 Å². The summed E-state index contributed by atoms with van der Waals surface area (Å²) in [5.41, 5.74) is 5.95. The third-order valence-corrected chi connectivity index (χ3v) is 3.64. The minimum atomic E-state index is -0.189. The van der Waals surface area contributed by atoms with Crippen molar-refractivity contribution in [2.75, 3.05) is 13.1 Å². The molecule has 1 amide bonds. The van der Waals surface area contributed by atoms with Gasteiger partial charge in [0.1, 0.15) is 0 Å². The van der Waals surface area contributed by atoms with Crippen LogP contribution in [0.25, 0.3) is 0 Å². The lowest BCUT2D eigenvalue weighted by Gasteiger charge is -2.21. The van der Waals surface area contributed by atoms with Crippen LogP contribution in [0.3, 0.4) is 0 Å². The summed E-state index contributed by atoms with van der Waals surface area (Å²) < 4.78 is 0.653. The van der Waals surface area contributed by atoms with Crippen molar-refractivity contribution in [3.63, 3.8) is 0 Å². The predicted molar refractivity (Wildman–Crippen MR) is 78.8 cm³/mol. The molecule has 1 aromatic rings. The number of carbonyl (C=O) groups excluding carboxylic acids is 1. The van der Waals surface area contributed by atoms with E-state index >= 15 is 0 Å². The highest BCUT2D eigenvalue weighted by atomic mass is 79.9. The zero-order valence-electron chi connectivity index (χ0n) is 10.4. The van der Waals surface area contributed by atoms with Crippen LogP contribution in [0.2, 0.25) is 5.02 Å². The molecule has 1 aromatic carbocycles. The first-order valence-corrected chi connectivity index (χ1v) is 6.87. The van der Waals surface area contributed by atoms with Gasteiger partial charge in [0, 0.05) is 16.6 Å². The fourth-order valence-electron chi connectivity index (χ4n) is 1.56. The molecule has 0 fully saturated rings. The van der Waals surface area contributed by atoms with Crippen LogP contribution in [0.15, 0.2) is 27.8 Å². The Morgan fingerprint density at radius 1 is 1.58 bits per heavy atom. The summed E-state index contributed by atoms with van der Waals surface area (Å²) in [6.07, 6.45) is 0.777. The second-order valence-corrected chi connectivity index (χ2v) is 5.21.